The highest BCUT2D eigenvalue weighted by atomic mass is 16.2. The largest absolute Gasteiger partial charge is 0.340 e. The van der Waals surface area contributed by atoms with E-state index in [2.05, 4.69) is 15.4 Å². The Morgan fingerprint density at radius 2 is 2.00 bits per heavy atom. The fourth-order valence-corrected chi connectivity index (χ4v) is 3.75. The van der Waals surface area contributed by atoms with Crippen LogP contribution in [0.5, 0.6) is 0 Å². The second kappa shape index (κ2) is 8.95. The molecule has 0 unspecified atom stereocenters. The second-order valence-corrected chi connectivity index (χ2v) is 7.65. The lowest BCUT2D eigenvalue weighted by atomic mass is 9.93. The molecular weight excluding hydrogens is 396 g/mol. The molecule has 4 rings (SSSR count). The van der Waals surface area contributed by atoms with Gasteiger partial charge in [-0.3, -0.25) is 19.1 Å². The maximum atomic E-state index is 12.8. The Bertz CT molecular complexity index is 1090. The number of likely N-dealkylation sites (tertiary alicyclic amines) is 1. The number of imidazole rings is 1. The van der Waals surface area contributed by atoms with Gasteiger partial charge >= 0.3 is 0 Å². The number of ketones is 1. The predicted octanol–water partition coefficient (Wildman–Crippen LogP) is 1.99. The number of anilines is 1. The summed E-state index contributed by atoms with van der Waals surface area (Å²) < 4.78 is 3.20. The number of Topliss-reactive ketones (excluding diaryl/α,β-unsaturated/α-hetero) is 1. The van der Waals surface area contributed by atoms with E-state index in [1.807, 2.05) is 6.07 Å². The summed E-state index contributed by atoms with van der Waals surface area (Å²) >= 11 is 0. The van der Waals surface area contributed by atoms with Crippen molar-refractivity contribution in [1.29, 1.82) is 0 Å². The Balaban J connectivity index is 1.34. The zero-order chi connectivity index (χ0) is 21.8. The monoisotopic (exact) mass is 420 g/mol. The molecule has 1 fully saturated rings. The van der Waals surface area contributed by atoms with Crippen molar-refractivity contribution in [3.8, 4) is 0 Å². The molecule has 2 amide bonds. The molecule has 0 saturated carbocycles. The minimum atomic E-state index is -0.253. The normalized spacial score (nSPS) is 16.2. The van der Waals surface area contributed by atoms with Crippen LogP contribution in [0.25, 0.3) is 0 Å². The minimum Gasteiger partial charge on any atom is -0.340 e. The van der Waals surface area contributed by atoms with Crippen molar-refractivity contribution in [2.75, 3.05) is 18.4 Å². The Morgan fingerprint density at radius 1 is 1.19 bits per heavy atom. The molecule has 1 atom stereocenters. The van der Waals surface area contributed by atoms with Crippen molar-refractivity contribution in [3.05, 3.63) is 66.5 Å². The first-order valence-electron chi connectivity index (χ1n) is 10.2. The van der Waals surface area contributed by atoms with E-state index in [0.29, 0.717) is 30.2 Å². The van der Waals surface area contributed by atoms with Crippen LogP contribution in [-0.2, 0) is 18.4 Å². The SMILES string of the molecule is Cn1ccnc1C(=O)[C@H]1CCCN(C(=O)Cn2cc(NC(=O)c3ccccc3)cn2)C1. The smallest absolute Gasteiger partial charge is 0.255 e. The number of amides is 2. The number of hydrogen-bond acceptors (Lipinski definition) is 5. The summed E-state index contributed by atoms with van der Waals surface area (Å²) in [4.78, 5) is 43.6. The van der Waals surface area contributed by atoms with Crippen molar-refractivity contribution in [1.82, 2.24) is 24.2 Å². The van der Waals surface area contributed by atoms with Gasteiger partial charge in [0.2, 0.25) is 11.7 Å². The first-order chi connectivity index (χ1) is 15.0. The molecule has 1 saturated heterocycles. The summed E-state index contributed by atoms with van der Waals surface area (Å²) in [5.41, 5.74) is 1.06. The highest BCUT2D eigenvalue weighted by Gasteiger charge is 2.30. The Kier molecular flexibility index (Phi) is 5.92. The molecule has 1 aromatic carbocycles. The topological polar surface area (TPSA) is 102 Å². The molecule has 9 nitrogen and oxygen atoms in total. The van der Waals surface area contributed by atoms with E-state index < -0.39 is 0 Å². The number of benzene rings is 1. The summed E-state index contributed by atoms with van der Waals surface area (Å²) in [6, 6.07) is 8.88. The average Bonchev–Trinajstić information content (AvgIpc) is 3.42. The molecule has 0 spiro atoms. The molecule has 3 aromatic rings. The van der Waals surface area contributed by atoms with Gasteiger partial charge in [0.05, 0.1) is 11.9 Å². The standard InChI is InChI=1S/C22H24N6O3/c1-26-11-9-23-21(26)20(30)17-8-5-10-27(13-17)19(29)15-28-14-18(12-24-28)25-22(31)16-6-3-2-4-7-16/h2-4,6-7,9,11-12,14,17H,5,8,10,13,15H2,1H3,(H,25,31)/t17-/m0/s1. The molecule has 9 heteroatoms. The van der Waals surface area contributed by atoms with E-state index in [9.17, 15) is 14.4 Å². The highest BCUT2D eigenvalue weighted by Crippen LogP contribution is 2.21. The van der Waals surface area contributed by atoms with Crippen LogP contribution >= 0.6 is 0 Å². The van der Waals surface area contributed by atoms with Gasteiger partial charge in [-0.25, -0.2) is 4.98 Å². The third-order valence-electron chi connectivity index (χ3n) is 5.41. The molecule has 1 N–H and O–H groups in total. The molecule has 160 valence electrons. The summed E-state index contributed by atoms with van der Waals surface area (Å²) in [6.07, 6.45) is 7.99. The zero-order valence-corrected chi connectivity index (χ0v) is 17.3. The molecule has 2 aromatic heterocycles. The third-order valence-corrected chi connectivity index (χ3v) is 5.41. The molecular formula is C22H24N6O3. The Morgan fingerprint density at radius 3 is 2.74 bits per heavy atom. The van der Waals surface area contributed by atoms with Crippen LogP contribution in [0.4, 0.5) is 5.69 Å². The number of aromatic nitrogens is 4. The number of carbonyl (C=O) groups excluding carboxylic acids is 3. The molecule has 0 aliphatic carbocycles. The van der Waals surface area contributed by atoms with Crippen molar-refractivity contribution >= 4 is 23.3 Å². The van der Waals surface area contributed by atoms with Gasteiger partial charge in [0.15, 0.2) is 5.82 Å². The molecule has 1 aliphatic rings. The maximum absolute atomic E-state index is 12.8. The van der Waals surface area contributed by atoms with Crippen molar-refractivity contribution in [3.63, 3.8) is 0 Å². The van der Waals surface area contributed by atoms with Crippen LogP contribution in [0, 0.1) is 5.92 Å². The van der Waals surface area contributed by atoms with Crippen LogP contribution < -0.4 is 5.32 Å². The second-order valence-electron chi connectivity index (χ2n) is 7.65. The lowest BCUT2D eigenvalue weighted by Gasteiger charge is -2.31. The van der Waals surface area contributed by atoms with Crippen LogP contribution in [0.1, 0.15) is 33.8 Å². The summed E-state index contributed by atoms with van der Waals surface area (Å²) in [5, 5.41) is 6.95. The average molecular weight is 420 g/mol. The quantitative estimate of drug-likeness (QED) is 0.615. The molecule has 3 heterocycles. The van der Waals surface area contributed by atoms with Crippen LogP contribution in [0.3, 0.4) is 0 Å². The maximum Gasteiger partial charge on any atom is 0.255 e. The highest BCUT2D eigenvalue weighted by molar-refractivity contribution is 6.04. The van der Waals surface area contributed by atoms with Gasteiger partial charge in [-0.05, 0) is 25.0 Å². The Labute approximate surface area is 179 Å². The fraction of sp³-hybridized carbons (Fsp3) is 0.318. The van der Waals surface area contributed by atoms with Gasteiger partial charge in [-0.15, -0.1) is 0 Å². The molecule has 31 heavy (non-hydrogen) atoms. The van der Waals surface area contributed by atoms with E-state index >= 15 is 0 Å². The van der Waals surface area contributed by atoms with Gasteiger partial charge in [0.25, 0.3) is 5.91 Å². The predicted molar refractivity (Wildman–Crippen MR) is 113 cm³/mol. The number of carbonyl (C=O) groups is 3. The number of piperidine rings is 1. The van der Waals surface area contributed by atoms with Crippen LogP contribution in [0.15, 0.2) is 55.1 Å². The summed E-state index contributed by atoms with van der Waals surface area (Å²) in [6.45, 7) is 1.04. The Hall–Kier alpha value is -3.75. The third kappa shape index (κ3) is 4.71. The van der Waals surface area contributed by atoms with E-state index in [0.717, 1.165) is 12.8 Å². The number of nitrogens with zero attached hydrogens (tertiary/aromatic N) is 5. The minimum absolute atomic E-state index is 0.0324. The lowest BCUT2D eigenvalue weighted by molar-refractivity contribution is -0.133. The van der Waals surface area contributed by atoms with E-state index in [1.54, 1.807) is 59.4 Å². The summed E-state index contributed by atoms with van der Waals surface area (Å²) in [7, 11) is 1.79. The van der Waals surface area contributed by atoms with Crippen LogP contribution in [-0.4, -0.2) is 54.9 Å². The van der Waals surface area contributed by atoms with E-state index in [4.69, 9.17) is 0 Å². The van der Waals surface area contributed by atoms with E-state index in [1.165, 1.54) is 10.9 Å². The van der Waals surface area contributed by atoms with Gasteiger partial charge in [-0.1, -0.05) is 18.2 Å². The molecule has 0 bridgehead atoms. The summed E-state index contributed by atoms with van der Waals surface area (Å²) in [5.74, 6) is -0.211. The number of nitrogens with one attached hydrogen (secondary N) is 1. The van der Waals surface area contributed by atoms with Crippen LogP contribution in [0.2, 0.25) is 0 Å². The first-order valence-corrected chi connectivity index (χ1v) is 10.2. The van der Waals surface area contributed by atoms with Crippen molar-refractivity contribution < 1.29 is 14.4 Å². The zero-order valence-electron chi connectivity index (χ0n) is 17.3. The van der Waals surface area contributed by atoms with Crippen molar-refractivity contribution in [2.45, 2.75) is 19.4 Å². The lowest BCUT2D eigenvalue weighted by Crippen LogP contribution is -2.44. The number of rotatable bonds is 6. The van der Waals surface area contributed by atoms with Gasteiger partial charge < -0.3 is 14.8 Å². The van der Waals surface area contributed by atoms with Gasteiger partial charge in [-0.2, -0.15) is 5.10 Å². The van der Waals surface area contributed by atoms with Gasteiger partial charge in [0, 0.05) is 50.2 Å². The van der Waals surface area contributed by atoms with Gasteiger partial charge in [0.1, 0.15) is 6.54 Å². The number of aryl methyl sites for hydroxylation is 1. The van der Waals surface area contributed by atoms with E-state index in [-0.39, 0.29) is 30.1 Å². The van der Waals surface area contributed by atoms with Crippen molar-refractivity contribution in [2.24, 2.45) is 13.0 Å². The molecule has 1 aliphatic heterocycles. The first kappa shape index (κ1) is 20.5. The number of hydrogen-bond donors (Lipinski definition) is 1. The fourth-order valence-electron chi connectivity index (χ4n) is 3.75. The molecule has 0 radical (unpaired) electrons.